The molecule has 1 unspecified atom stereocenters. The summed E-state index contributed by atoms with van der Waals surface area (Å²) in [6.45, 7) is 3.62. The highest BCUT2D eigenvalue weighted by atomic mass is 16.5. The van der Waals surface area contributed by atoms with Gasteiger partial charge in [0.05, 0.1) is 6.54 Å². The number of urea groups is 1. The topological polar surface area (TPSA) is 74.8 Å². The lowest BCUT2D eigenvalue weighted by atomic mass is 10.2. The Balaban J connectivity index is 2.03. The van der Waals surface area contributed by atoms with Crippen LogP contribution in [0.5, 0.6) is 5.88 Å². The molecule has 2 rings (SSSR count). The van der Waals surface area contributed by atoms with E-state index in [-0.39, 0.29) is 18.0 Å². The number of nitrogens with zero attached hydrogens (tertiary/aromatic N) is 3. The maximum Gasteiger partial charge on any atom is 0.317 e. The van der Waals surface area contributed by atoms with Crippen LogP contribution in [0, 0.1) is 0 Å². The van der Waals surface area contributed by atoms with Crippen LogP contribution in [0.25, 0.3) is 0 Å². The number of amides is 3. The Hall–Kier alpha value is -2.31. The van der Waals surface area contributed by atoms with Gasteiger partial charge in [0.15, 0.2) is 0 Å². The SMILES string of the molecule is CCNC(=O)N1CCC(Oc2ncccc2C(=O)N(C)C)C1. The van der Waals surface area contributed by atoms with Crippen molar-refractivity contribution in [1.29, 1.82) is 0 Å². The van der Waals surface area contributed by atoms with Crippen molar-refractivity contribution in [2.45, 2.75) is 19.4 Å². The van der Waals surface area contributed by atoms with Crippen LogP contribution >= 0.6 is 0 Å². The number of carbonyl (C=O) groups is 2. The summed E-state index contributed by atoms with van der Waals surface area (Å²) in [5, 5.41) is 2.77. The van der Waals surface area contributed by atoms with Crippen molar-refractivity contribution in [2.24, 2.45) is 0 Å². The standard InChI is InChI=1S/C15H22N4O3/c1-4-16-15(21)19-9-7-11(10-19)22-13-12(6-5-8-17-13)14(20)18(2)3/h5-6,8,11H,4,7,9-10H2,1-3H3,(H,16,21). The fraction of sp³-hybridized carbons (Fsp3) is 0.533. The van der Waals surface area contributed by atoms with Crippen LogP contribution in [-0.4, -0.2) is 66.6 Å². The van der Waals surface area contributed by atoms with E-state index in [1.54, 1.807) is 37.3 Å². The van der Waals surface area contributed by atoms with Gasteiger partial charge >= 0.3 is 6.03 Å². The summed E-state index contributed by atoms with van der Waals surface area (Å²) in [7, 11) is 3.37. The van der Waals surface area contributed by atoms with Gasteiger partial charge < -0.3 is 19.9 Å². The number of nitrogens with one attached hydrogen (secondary N) is 1. The first-order valence-corrected chi connectivity index (χ1v) is 7.39. The molecular formula is C15H22N4O3. The molecule has 1 aromatic heterocycles. The zero-order chi connectivity index (χ0) is 16.1. The van der Waals surface area contributed by atoms with E-state index in [9.17, 15) is 9.59 Å². The highest BCUT2D eigenvalue weighted by Crippen LogP contribution is 2.21. The van der Waals surface area contributed by atoms with Crippen LogP contribution in [0.4, 0.5) is 4.79 Å². The molecule has 0 saturated carbocycles. The molecule has 3 amide bonds. The lowest BCUT2D eigenvalue weighted by Crippen LogP contribution is -2.39. The summed E-state index contributed by atoms with van der Waals surface area (Å²) in [5.41, 5.74) is 0.434. The number of pyridine rings is 1. The van der Waals surface area contributed by atoms with Gasteiger partial charge in [-0.1, -0.05) is 0 Å². The maximum absolute atomic E-state index is 12.1. The van der Waals surface area contributed by atoms with E-state index >= 15 is 0 Å². The average Bonchev–Trinajstić information content (AvgIpc) is 2.96. The van der Waals surface area contributed by atoms with Crippen molar-refractivity contribution in [1.82, 2.24) is 20.1 Å². The first kappa shape index (κ1) is 16.1. The Morgan fingerprint density at radius 2 is 2.27 bits per heavy atom. The smallest absolute Gasteiger partial charge is 0.317 e. The summed E-state index contributed by atoms with van der Waals surface area (Å²) in [5.74, 6) is 0.172. The molecule has 7 heteroatoms. The van der Waals surface area contributed by atoms with Crippen molar-refractivity contribution in [3.05, 3.63) is 23.9 Å². The van der Waals surface area contributed by atoms with Crippen LogP contribution in [0.3, 0.4) is 0 Å². The second-order valence-electron chi connectivity index (χ2n) is 5.37. The van der Waals surface area contributed by atoms with E-state index in [0.717, 1.165) is 6.42 Å². The molecule has 1 saturated heterocycles. The molecule has 0 bridgehead atoms. The van der Waals surface area contributed by atoms with Crippen molar-refractivity contribution in [3.63, 3.8) is 0 Å². The summed E-state index contributed by atoms with van der Waals surface area (Å²) in [6, 6.07) is 3.32. The van der Waals surface area contributed by atoms with Crippen molar-refractivity contribution < 1.29 is 14.3 Å². The fourth-order valence-corrected chi connectivity index (χ4v) is 2.32. The molecule has 7 nitrogen and oxygen atoms in total. The third-order valence-corrected chi connectivity index (χ3v) is 3.45. The molecule has 0 spiro atoms. The molecule has 0 radical (unpaired) electrons. The molecule has 22 heavy (non-hydrogen) atoms. The largest absolute Gasteiger partial charge is 0.472 e. The molecule has 120 valence electrons. The summed E-state index contributed by atoms with van der Waals surface area (Å²) >= 11 is 0. The summed E-state index contributed by atoms with van der Waals surface area (Å²) < 4.78 is 5.86. The van der Waals surface area contributed by atoms with Crippen LogP contribution < -0.4 is 10.1 Å². The minimum absolute atomic E-state index is 0.0841. The van der Waals surface area contributed by atoms with Gasteiger partial charge in [-0.2, -0.15) is 0 Å². The van der Waals surface area contributed by atoms with Crippen LogP contribution in [0.2, 0.25) is 0 Å². The number of rotatable bonds is 4. The molecular weight excluding hydrogens is 284 g/mol. The maximum atomic E-state index is 12.1. The van der Waals surface area contributed by atoms with Crippen molar-refractivity contribution >= 4 is 11.9 Å². The van der Waals surface area contributed by atoms with Crippen LogP contribution in [0.15, 0.2) is 18.3 Å². The van der Waals surface area contributed by atoms with Crippen LogP contribution in [-0.2, 0) is 0 Å². The van der Waals surface area contributed by atoms with E-state index in [0.29, 0.717) is 31.1 Å². The third-order valence-electron chi connectivity index (χ3n) is 3.45. The van der Waals surface area contributed by atoms with E-state index in [1.807, 2.05) is 6.92 Å². The predicted molar refractivity (Wildman–Crippen MR) is 81.9 cm³/mol. The first-order chi connectivity index (χ1) is 10.5. The van der Waals surface area contributed by atoms with Gasteiger partial charge in [-0.25, -0.2) is 9.78 Å². The Morgan fingerprint density at radius 3 is 2.95 bits per heavy atom. The number of aromatic nitrogens is 1. The molecule has 1 fully saturated rings. The van der Waals surface area contributed by atoms with Gasteiger partial charge in [-0.05, 0) is 19.1 Å². The van der Waals surface area contributed by atoms with E-state index in [1.165, 1.54) is 4.90 Å². The second kappa shape index (κ2) is 7.11. The predicted octanol–water partition coefficient (Wildman–Crippen LogP) is 0.966. The van der Waals surface area contributed by atoms with Gasteiger partial charge in [0.25, 0.3) is 5.91 Å². The zero-order valence-corrected chi connectivity index (χ0v) is 13.2. The van der Waals surface area contributed by atoms with Gasteiger partial charge in [-0.3, -0.25) is 4.79 Å². The highest BCUT2D eigenvalue weighted by Gasteiger charge is 2.28. The third kappa shape index (κ3) is 3.66. The van der Waals surface area contributed by atoms with Crippen molar-refractivity contribution in [2.75, 3.05) is 33.7 Å². The molecule has 1 N–H and O–H groups in total. The van der Waals surface area contributed by atoms with E-state index in [2.05, 4.69) is 10.3 Å². The normalized spacial score (nSPS) is 17.2. The zero-order valence-electron chi connectivity index (χ0n) is 13.2. The minimum atomic E-state index is -0.151. The Labute approximate surface area is 130 Å². The first-order valence-electron chi connectivity index (χ1n) is 7.39. The number of ether oxygens (including phenoxy) is 1. The molecule has 1 aromatic rings. The van der Waals surface area contributed by atoms with Gasteiger partial charge in [0.2, 0.25) is 5.88 Å². The highest BCUT2D eigenvalue weighted by molar-refractivity contribution is 5.96. The summed E-state index contributed by atoms with van der Waals surface area (Å²) in [4.78, 5) is 31.3. The lowest BCUT2D eigenvalue weighted by Gasteiger charge is -2.18. The number of hydrogen-bond donors (Lipinski definition) is 1. The second-order valence-corrected chi connectivity index (χ2v) is 5.37. The van der Waals surface area contributed by atoms with Gasteiger partial charge in [-0.15, -0.1) is 0 Å². The number of hydrogen-bond acceptors (Lipinski definition) is 4. The minimum Gasteiger partial charge on any atom is -0.472 e. The molecule has 1 aliphatic rings. The molecule has 0 aromatic carbocycles. The molecule has 0 aliphatic carbocycles. The summed E-state index contributed by atoms with van der Waals surface area (Å²) in [6.07, 6.45) is 2.17. The molecule has 2 heterocycles. The quantitative estimate of drug-likeness (QED) is 0.899. The van der Waals surface area contributed by atoms with Crippen molar-refractivity contribution in [3.8, 4) is 5.88 Å². The number of likely N-dealkylation sites (tertiary alicyclic amines) is 1. The Kier molecular flexibility index (Phi) is 5.19. The Morgan fingerprint density at radius 1 is 1.50 bits per heavy atom. The fourth-order valence-electron chi connectivity index (χ4n) is 2.32. The van der Waals surface area contributed by atoms with E-state index < -0.39 is 0 Å². The van der Waals surface area contributed by atoms with Gasteiger partial charge in [0.1, 0.15) is 11.7 Å². The Bertz CT molecular complexity index is 547. The average molecular weight is 306 g/mol. The molecule has 1 atom stereocenters. The van der Waals surface area contributed by atoms with E-state index in [4.69, 9.17) is 4.74 Å². The number of carbonyl (C=O) groups excluding carboxylic acids is 2. The monoisotopic (exact) mass is 306 g/mol. The van der Waals surface area contributed by atoms with Crippen LogP contribution in [0.1, 0.15) is 23.7 Å². The van der Waals surface area contributed by atoms with Gasteiger partial charge in [0, 0.05) is 39.8 Å². The lowest BCUT2D eigenvalue weighted by molar-refractivity contribution is 0.0818. The molecule has 1 aliphatic heterocycles.